The third-order valence-electron chi connectivity index (χ3n) is 5.96. The molecule has 1 unspecified atom stereocenters. The number of aromatic nitrogens is 6. The fourth-order valence-corrected chi connectivity index (χ4v) is 4.16. The van der Waals surface area contributed by atoms with Crippen LogP contribution in [0.25, 0.3) is 22.6 Å². The predicted molar refractivity (Wildman–Crippen MR) is 118 cm³/mol. The van der Waals surface area contributed by atoms with Gasteiger partial charge < -0.3 is 11.1 Å². The number of amides is 1. The second-order valence-electron chi connectivity index (χ2n) is 8.21. The molecule has 0 saturated carbocycles. The molecule has 0 fully saturated rings. The average molecular weight is 468 g/mol. The lowest BCUT2D eigenvalue weighted by molar-refractivity contribution is -0.134. The Balaban J connectivity index is 1.66. The van der Waals surface area contributed by atoms with E-state index in [1.165, 1.54) is 10.9 Å². The lowest BCUT2D eigenvalue weighted by Crippen LogP contribution is -2.32. The smallest absolute Gasteiger partial charge is 0.383 e. The lowest BCUT2D eigenvalue weighted by Gasteiger charge is -2.23. The van der Waals surface area contributed by atoms with E-state index >= 15 is 0 Å². The predicted octanol–water partition coefficient (Wildman–Crippen LogP) is 3.16. The Labute approximate surface area is 191 Å². The van der Waals surface area contributed by atoms with Crippen molar-refractivity contribution in [3.63, 3.8) is 0 Å². The Bertz CT molecular complexity index is 1430. The van der Waals surface area contributed by atoms with Crippen molar-refractivity contribution in [2.45, 2.75) is 31.4 Å². The minimum absolute atomic E-state index is 0.0238. The third-order valence-corrected chi connectivity index (χ3v) is 5.96. The van der Waals surface area contributed by atoms with E-state index in [2.05, 4.69) is 30.4 Å². The van der Waals surface area contributed by atoms with Crippen LogP contribution in [0.4, 0.5) is 24.8 Å². The minimum atomic E-state index is -4.36. The van der Waals surface area contributed by atoms with Crippen molar-refractivity contribution in [1.82, 2.24) is 29.7 Å². The molecular weight excluding hydrogens is 449 g/mol. The largest absolute Gasteiger partial charge is 0.389 e. The van der Waals surface area contributed by atoms with Crippen molar-refractivity contribution in [2.24, 2.45) is 7.05 Å². The van der Waals surface area contributed by atoms with Crippen LogP contribution in [-0.4, -0.2) is 41.8 Å². The van der Waals surface area contributed by atoms with Gasteiger partial charge in [-0.25, -0.2) is 19.9 Å². The highest BCUT2D eigenvalue weighted by molar-refractivity contribution is 6.09. The Kier molecular flexibility index (Phi) is 4.78. The highest BCUT2D eigenvalue weighted by atomic mass is 19.4. The molecule has 0 saturated heterocycles. The Morgan fingerprint density at radius 2 is 1.85 bits per heavy atom. The fraction of sp³-hybridized carbons (Fsp3) is 0.273. The van der Waals surface area contributed by atoms with E-state index in [4.69, 9.17) is 5.73 Å². The first-order chi connectivity index (χ1) is 16.1. The summed E-state index contributed by atoms with van der Waals surface area (Å²) in [6.45, 7) is 1.74. The second-order valence-corrected chi connectivity index (χ2v) is 8.21. The lowest BCUT2D eigenvalue weighted by atomic mass is 9.78. The first-order valence-corrected chi connectivity index (χ1v) is 10.4. The Morgan fingerprint density at radius 1 is 1.12 bits per heavy atom. The van der Waals surface area contributed by atoms with E-state index in [-0.39, 0.29) is 34.9 Å². The summed E-state index contributed by atoms with van der Waals surface area (Å²) >= 11 is 0. The van der Waals surface area contributed by atoms with Crippen molar-refractivity contribution in [3.05, 3.63) is 53.5 Å². The molecule has 0 bridgehead atoms. The molecule has 1 aliphatic rings. The molecule has 12 heteroatoms. The van der Waals surface area contributed by atoms with Gasteiger partial charge >= 0.3 is 6.18 Å². The van der Waals surface area contributed by atoms with Gasteiger partial charge in [0.1, 0.15) is 28.6 Å². The van der Waals surface area contributed by atoms with Gasteiger partial charge in [-0.05, 0) is 12.5 Å². The third kappa shape index (κ3) is 3.42. The number of nitrogens with two attached hydrogens (primary N) is 1. The fourth-order valence-electron chi connectivity index (χ4n) is 4.16. The molecule has 1 aliphatic heterocycles. The van der Waals surface area contributed by atoms with Gasteiger partial charge in [0.2, 0.25) is 5.91 Å². The molecule has 1 amide bonds. The number of hydrogen-bond donors (Lipinski definition) is 2. The van der Waals surface area contributed by atoms with Gasteiger partial charge in [0, 0.05) is 13.5 Å². The van der Waals surface area contributed by atoms with Gasteiger partial charge in [0.05, 0.1) is 23.6 Å². The van der Waals surface area contributed by atoms with Crippen molar-refractivity contribution in [3.8, 4) is 11.5 Å². The van der Waals surface area contributed by atoms with Gasteiger partial charge in [-0.2, -0.15) is 18.3 Å². The van der Waals surface area contributed by atoms with Crippen molar-refractivity contribution in [1.29, 1.82) is 0 Å². The molecule has 5 rings (SSSR count). The van der Waals surface area contributed by atoms with Gasteiger partial charge in [0.25, 0.3) is 0 Å². The maximum Gasteiger partial charge on any atom is 0.389 e. The molecule has 0 aliphatic carbocycles. The zero-order chi connectivity index (χ0) is 24.3. The van der Waals surface area contributed by atoms with Crippen LogP contribution in [0.15, 0.2) is 36.5 Å². The van der Waals surface area contributed by atoms with Gasteiger partial charge in [0.15, 0.2) is 11.5 Å². The molecule has 3 N–H and O–H groups in total. The van der Waals surface area contributed by atoms with Crippen LogP contribution in [0.5, 0.6) is 0 Å². The van der Waals surface area contributed by atoms with Gasteiger partial charge in [-0.3, -0.25) is 9.48 Å². The number of carbonyl (C=O) groups excluding carboxylic acids is 1. The number of fused-ring (bicyclic) bond motifs is 2. The second kappa shape index (κ2) is 7.47. The number of nitrogen functional groups attached to an aromatic ring is 1. The average Bonchev–Trinajstić information content (AvgIpc) is 3.29. The number of nitrogens with zero attached hydrogens (tertiary/aromatic N) is 6. The minimum Gasteiger partial charge on any atom is -0.383 e. The summed E-state index contributed by atoms with van der Waals surface area (Å²) in [7, 11) is 1.62. The number of halogens is 3. The van der Waals surface area contributed by atoms with Gasteiger partial charge in [-0.15, -0.1) is 0 Å². The number of alkyl halides is 3. The summed E-state index contributed by atoms with van der Waals surface area (Å²) in [5.74, 6) is 0.0160. The number of aryl methyl sites for hydroxylation is 2. The number of carbonyl (C=O) groups is 1. The van der Waals surface area contributed by atoms with Crippen LogP contribution in [-0.2, 0) is 23.7 Å². The summed E-state index contributed by atoms with van der Waals surface area (Å²) in [5.41, 5.74) is 6.90. The molecule has 4 heterocycles. The van der Waals surface area contributed by atoms with Crippen molar-refractivity contribution < 1.29 is 18.0 Å². The molecule has 0 radical (unpaired) electrons. The standard InChI is InChI=1S/C22H19F3N8O/c1-21(11-6-4-3-5-7-11)14-16(26)30-18(31-17(14)32-20(21)34)15-12-10-27-33(2)19(12)29-13(28-15)8-9-22(23,24)25/h3-7,10H,8-9H2,1-2H3,(H3,26,30,31,32,34). The molecule has 0 spiro atoms. The molecule has 4 aromatic rings. The topological polar surface area (TPSA) is 124 Å². The van der Waals surface area contributed by atoms with Gasteiger partial charge in [-0.1, -0.05) is 30.3 Å². The van der Waals surface area contributed by atoms with Crippen LogP contribution in [0, 0.1) is 0 Å². The quantitative estimate of drug-likeness (QED) is 0.471. The van der Waals surface area contributed by atoms with Crippen molar-refractivity contribution >= 4 is 28.6 Å². The van der Waals surface area contributed by atoms with Crippen LogP contribution in [0.3, 0.4) is 0 Å². The number of benzene rings is 1. The van der Waals surface area contributed by atoms with E-state index in [0.717, 1.165) is 5.56 Å². The van der Waals surface area contributed by atoms with Crippen molar-refractivity contribution in [2.75, 3.05) is 11.1 Å². The Hall–Kier alpha value is -4.09. The van der Waals surface area contributed by atoms with E-state index in [1.54, 1.807) is 14.0 Å². The zero-order valence-electron chi connectivity index (χ0n) is 18.2. The normalized spacial score (nSPS) is 17.7. The monoisotopic (exact) mass is 468 g/mol. The number of nitrogens with one attached hydrogen (secondary N) is 1. The number of hydrogen-bond acceptors (Lipinski definition) is 7. The molecule has 1 atom stereocenters. The molecule has 3 aromatic heterocycles. The summed E-state index contributed by atoms with van der Waals surface area (Å²) in [6.07, 6.45) is -4.36. The summed E-state index contributed by atoms with van der Waals surface area (Å²) in [4.78, 5) is 30.5. The Morgan fingerprint density at radius 3 is 2.56 bits per heavy atom. The summed E-state index contributed by atoms with van der Waals surface area (Å²) in [6, 6.07) is 9.12. The molecular formula is C22H19F3N8O. The van der Waals surface area contributed by atoms with Crippen LogP contribution < -0.4 is 11.1 Å². The van der Waals surface area contributed by atoms with E-state index in [9.17, 15) is 18.0 Å². The van der Waals surface area contributed by atoms with Crippen LogP contribution in [0.2, 0.25) is 0 Å². The van der Waals surface area contributed by atoms with E-state index in [1.807, 2.05) is 30.3 Å². The highest BCUT2D eigenvalue weighted by Gasteiger charge is 2.47. The summed E-state index contributed by atoms with van der Waals surface area (Å²) < 4.78 is 39.8. The zero-order valence-corrected chi connectivity index (χ0v) is 18.2. The van der Waals surface area contributed by atoms with E-state index < -0.39 is 24.4 Å². The highest BCUT2D eigenvalue weighted by Crippen LogP contribution is 2.45. The molecule has 174 valence electrons. The molecule has 34 heavy (non-hydrogen) atoms. The maximum absolute atomic E-state index is 13.0. The molecule has 9 nitrogen and oxygen atoms in total. The summed E-state index contributed by atoms with van der Waals surface area (Å²) in [5, 5.41) is 7.36. The first kappa shape index (κ1) is 21.7. The number of anilines is 2. The first-order valence-electron chi connectivity index (χ1n) is 10.4. The number of rotatable bonds is 4. The van der Waals surface area contributed by atoms with Crippen LogP contribution >= 0.6 is 0 Å². The molecule has 1 aromatic carbocycles. The van der Waals surface area contributed by atoms with E-state index in [0.29, 0.717) is 16.6 Å². The SMILES string of the molecule is Cn1ncc2c(-c3nc(N)c4c(n3)NC(=O)C4(C)c3ccccc3)nc(CCC(F)(F)F)nc21. The maximum atomic E-state index is 13.0. The van der Waals surface area contributed by atoms with Crippen LogP contribution in [0.1, 0.15) is 30.3 Å².